The molecule has 1 aliphatic carbocycles. The molecule has 2 aromatic carbocycles. The average molecular weight is 493 g/mol. The number of rotatable bonds is 8. The van der Waals surface area contributed by atoms with E-state index in [1.54, 1.807) is 53.4 Å². The van der Waals surface area contributed by atoms with Crippen LogP contribution < -0.4 is 14.8 Å². The maximum Gasteiger partial charge on any atom is 0.410 e. The van der Waals surface area contributed by atoms with Gasteiger partial charge in [-0.1, -0.05) is 23.2 Å². The maximum absolute atomic E-state index is 12.4. The molecule has 1 saturated carbocycles. The molecule has 1 heterocycles. The first-order valence-electron chi connectivity index (χ1n) is 11.0. The quantitative estimate of drug-likeness (QED) is 0.577. The van der Waals surface area contributed by atoms with Gasteiger partial charge in [-0.2, -0.15) is 0 Å². The SMILES string of the molecule is O=C(COc1ccc(Cl)cc1)N[C@H]1CC[C@H](N2CC(COc3ccc(Cl)cc3)OC2=O)CC1. The van der Waals surface area contributed by atoms with Crippen molar-refractivity contribution in [1.29, 1.82) is 0 Å². The highest BCUT2D eigenvalue weighted by atomic mass is 35.5. The molecule has 1 unspecified atom stereocenters. The van der Waals surface area contributed by atoms with E-state index in [0.29, 0.717) is 34.7 Å². The molecule has 1 atom stereocenters. The van der Waals surface area contributed by atoms with Gasteiger partial charge >= 0.3 is 6.09 Å². The van der Waals surface area contributed by atoms with E-state index in [4.69, 9.17) is 37.4 Å². The minimum Gasteiger partial charge on any atom is -0.490 e. The highest BCUT2D eigenvalue weighted by Crippen LogP contribution is 2.27. The number of halogens is 2. The van der Waals surface area contributed by atoms with Crippen molar-refractivity contribution < 1.29 is 23.8 Å². The third-order valence-electron chi connectivity index (χ3n) is 5.84. The van der Waals surface area contributed by atoms with E-state index >= 15 is 0 Å². The zero-order chi connectivity index (χ0) is 23.2. The molecule has 0 spiro atoms. The van der Waals surface area contributed by atoms with Gasteiger partial charge in [0, 0.05) is 22.1 Å². The number of carbonyl (C=O) groups excluding carboxylic acids is 2. The third-order valence-corrected chi connectivity index (χ3v) is 6.34. The Morgan fingerprint density at radius 2 is 1.52 bits per heavy atom. The van der Waals surface area contributed by atoms with Gasteiger partial charge in [0.05, 0.1) is 6.54 Å². The summed E-state index contributed by atoms with van der Waals surface area (Å²) in [5, 5.41) is 4.28. The minimum atomic E-state index is -0.310. The van der Waals surface area contributed by atoms with Crippen molar-refractivity contribution >= 4 is 35.2 Å². The van der Waals surface area contributed by atoms with Gasteiger partial charge in [0.2, 0.25) is 0 Å². The summed E-state index contributed by atoms with van der Waals surface area (Å²) in [6, 6.07) is 14.1. The van der Waals surface area contributed by atoms with Crippen molar-refractivity contribution in [3.8, 4) is 11.5 Å². The molecule has 0 aromatic heterocycles. The Bertz CT molecular complexity index is 946. The summed E-state index contributed by atoms with van der Waals surface area (Å²) in [5.41, 5.74) is 0. The molecule has 9 heteroatoms. The van der Waals surface area contributed by atoms with Crippen LogP contribution in [-0.2, 0) is 9.53 Å². The van der Waals surface area contributed by atoms with Gasteiger partial charge < -0.3 is 24.4 Å². The van der Waals surface area contributed by atoms with E-state index in [-0.39, 0.29) is 36.8 Å². The lowest BCUT2D eigenvalue weighted by Crippen LogP contribution is -2.45. The zero-order valence-corrected chi connectivity index (χ0v) is 19.6. The fraction of sp³-hybridized carbons (Fsp3) is 0.417. The lowest BCUT2D eigenvalue weighted by molar-refractivity contribution is -0.124. The van der Waals surface area contributed by atoms with E-state index in [9.17, 15) is 9.59 Å². The van der Waals surface area contributed by atoms with E-state index in [2.05, 4.69) is 5.32 Å². The van der Waals surface area contributed by atoms with Crippen LogP contribution in [-0.4, -0.2) is 54.8 Å². The van der Waals surface area contributed by atoms with Crippen LogP contribution in [0.5, 0.6) is 11.5 Å². The van der Waals surface area contributed by atoms with Gasteiger partial charge in [0.15, 0.2) is 12.7 Å². The second kappa shape index (κ2) is 11.0. The number of carbonyl (C=O) groups is 2. The van der Waals surface area contributed by atoms with Gasteiger partial charge in [0.25, 0.3) is 5.91 Å². The molecular weight excluding hydrogens is 467 g/mol. The molecule has 1 N–H and O–H groups in total. The Balaban J connectivity index is 1.16. The maximum atomic E-state index is 12.4. The standard InChI is InChI=1S/C24H26Cl2N2O5/c25-16-1-9-20(10-2-16)31-14-22-13-28(24(30)33-22)19-7-5-18(6-8-19)27-23(29)15-32-21-11-3-17(26)4-12-21/h1-4,9-12,18-19,22H,5-8,13-15H2,(H,27,29)/t18-,19-,22?. The molecule has 2 amide bonds. The smallest absolute Gasteiger partial charge is 0.410 e. The van der Waals surface area contributed by atoms with E-state index in [0.717, 1.165) is 25.7 Å². The Labute approximate surface area is 202 Å². The van der Waals surface area contributed by atoms with Crippen molar-refractivity contribution in [2.75, 3.05) is 19.8 Å². The molecule has 0 bridgehead atoms. The number of amides is 2. The molecule has 2 aliphatic rings. The summed E-state index contributed by atoms with van der Waals surface area (Å²) in [6.45, 7) is 0.751. The number of hydrogen-bond acceptors (Lipinski definition) is 5. The normalized spacial score (nSPS) is 22.5. The molecule has 4 rings (SSSR count). The van der Waals surface area contributed by atoms with Crippen LogP contribution in [0.1, 0.15) is 25.7 Å². The van der Waals surface area contributed by atoms with Crippen molar-refractivity contribution in [2.24, 2.45) is 0 Å². The third kappa shape index (κ3) is 6.68. The summed E-state index contributed by atoms with van der Waals surface area (Å²) in [6.07, 6.45) is 2.60. The van der Waals surface area contributed by atoms with Gasteiger partial charge in [-0.05, 0) is 74.2 Å². The van der Waals surface area contributed by atoms with E-state index in [1.807, 2.05) is 0 Å². The second-order valence-electron chi connectivity index (χ2n) is 8.24. The fourth-order valence-corrected chi connectivity index (χ4v) is 4.38. The van der Waals surface area contributed by atoms with E-state index in [1.165, 1.54) is 0 Å². The molecule has 2 aromatic rings. The van der Waals surface area contributed by atoms with Gasteiger partial charge in [-0.25, -0.2) is 4.79 Å². The molecular formula is C24H26Cl2N2O5. The monoisotopic (exact) mass is 492 g/mol. The second-order valence-corrected chi connectivity index (χ2v) is 9.11. The first kappa shape index (κ1) is 23.5. The van der Waals surface area contributed by atoms with Crippen LogP contribution in [0.25, 0.3) is 0 Å². The first-order chi connectivity index (χ1) is 16.0. The Morgan fingerprint density at radius 3 is 2.12 bits per heavy atom. The Hall–Kier alpha value is -2.64. The van der Waals surface area contributed by atoms with Crippen molar-refractivity contribution in [1.82, 2.24) is 10.2 Å². The lowest BCUT2D eigenvalue weighted by atomic mass is 9.90. The highest BCUT2D eigenvalue weighted by molar-refractivity contribution is 6.30. The van der Waals surface area contributed by atoms with Crippen molar-refractivity contribution in [3.63, 3.8) is 0 Å². The Kier molecular flexibility index (Phi) is 7.83. The van der Waals surface area contributed by atoms with Crippen LogP contribution in [0, 0.1) is 0 Å². The van der Waals surface area contributed by atoms with Gasteiger partial charge in [-0.3, -0.25) is 4.79 Å². The topological polar surface area (TPSA) is 77.1 Å². The van der Waals surface area contributed by atoms with Crippen LogP contribution in [0.4, 0.5) is 4.79 Å². The number of hydrogen-bond donors (Lipinski definition) is 1. The number of nitrogens with zero attached hydrogens (tertiary/aromatic N) is 1. The summed E-state index contributed by atoms with van der Waals surface area (Å²) >= 11 is 11.7. The molecule has 176 valence electrons. The molecule has 7 nitrogen and oxygen atoms in total. The van der Waals surface area contributed by atoms with Gasteiger partial charge in [-0.15, -0.1) is 0 Å². The van der Waals surface area contributed by atoms with Gasteiger partial charge in [0.1, 0.15) is 18.1 Å². The van der Waals surface area contributed by atoms with Crippen LogP contribution in [0.15, 0.2) is 48.5 Å². The fourth-order valence-electron chi connectivity index (χ4n) is 4.13. The van der Waals surface area contributed by atoms with Crippen LogP contribution >= 0.6 is 23.2 Å². The molecule has 2 fully saturated rings. The number of nitrogens with one attached hydrogen (secondary N) is 1. The number of benzene rings is 2. The molecule has 0 radical (unpaired) electrons. The van der Waals surface area contributed by atoms with Crippen molar-refractivity contribution in [2.45, 2.75) is 43.9 Å². The highest BCUT2D eigenvalue weighted by Gasteiger charge is 2.38. The summed E-state index contributed by atoms with van der Waals surface area (Å²) in [5.74, 6) is 1.12. The number of cyclic esters (lactones) is 1. The average Bonchev–Trinajstić information content (AvgIpc) is 3.19. The zero-order valence-electron chi connectivity index (χ0n) is 18.0. The summed E-state index contributed by atoms with van der Waals surface area (Å²) in [7, 11) is 0. The van der Waals surface area contributed by atoms with Crippen LogP contribution in [0.3, 0.4) is 0 Å². The van der Waals surface area contributed by atoms with Crippen LogP contribution in [0.2, 0.25) is 10.0 Å². The Morgan fingerprint density at radius 1 is 0.939 bits per heavy atom. The molecule has 1 saturated heterocycles. The van der Waals surface area contributed by atoms with E-state index < -0.39 is 0 Å². The largest absolute Gasteiger partial charge is 0.490 e. The summed E-state index contributed by atoms with van der Waals surface area (Å²) < 4.78 is 16.7. The minimum absolute atomic E-state index is 0.0463. The van der Waals surface area contributed by atoms with Crippen molar-refractivity contribution in [3.05, 3.63) is 58.6 Å². The molecule has 1 aliphatic heterocycles. The summed E-state index contributed by atoms with van der Waals surface area (Å²) in [4.78, 5) is 26.4. The lowest BCUT2D eigenvalue weighted by Gasteiger charge is -2.33. The number of ether oxygens (including phenoxy) is 3. The first-order valence-corrected chi connectivity index (χ1v) is 11.8. The molecule has 33 heavy (non-hydrogen) atoms. The predicted octanol–water partition coefficient (Wildman–Crippen LogP) is 4.70. The predicted molar refractivity (Wildman–Crippen MR) is 125 cm³/mol.